The summed E-state index contributed by atoms with van der Waals surface area (Å²) in [5.74, 6) is -2.27. The van der Waals surface area contributed by atoms with Crippen LogP contribution in [0, 0.1) is 0 Å². The summed E-state index contributed by atoms with van der Waals surface area (Å²) in [5.41, 5.74) is 11.0. The van der Waals surface area contributed by atoms with Gasteiger partial charge in [-0.2, -0.15) is 0 Å². The van der Waals surface area contributed by atoms with E-state index < -0.39 is 23.9 Å². The molecule has 22 heavy (non-hydrogen) atoms. The van der Waals surface area contributed by atoms with Crippen LogP contribution in [0.3, 0.4) is 0 Å². The van der Waals surface area contributed by atoms with E-state index in [-0.39, 0.29) is 11.3 Å². The molecule has 0 saturated heterocycles. The van der Waals surface area contributed by atoms with Gasteiger partial charge in [0.2, 0.25) is 0 Å². The minimum Gasteiger partial charge on any atom is -0.426 e. The van der Waals surface area contributed by atoms with Crippen molar-refractivity contribution in [1.82, 2.24) is 0 Å². The quantitative estimate of drug-likeness (QED) is 0.330. The summed E-state index contributed by atoms with van der Waals surface area (Å²) < 4.78 is 9.62. The zero-order valence-electron chi connectivity index (χ0n) is 12.4. The Bertz CT molecular complexity index is 544. The SMILES string of the molecule is CC(=O)Oc1ccccc1C(=O)OC(=O)[C@@H](N)CCCCN. The van der Waals surface area contributed by atoms with Gasteiger partial charge in [0.1, 0.15) is 17.4 Å². The maximum Gasteiger partial charge on any atom is 0.349 e. The molecule has 1 rings (SSSR count). The Hall–Kier alpha value is -2.25. The number of hydrogen-bond donors (Lipinski definition) is 2. The molecule has 7 heteroatoms. The zero-order valence-corrected chi connectivity index (χ0v) is 12.4. The van der Waals surface area contributed by atoms with Gasteiger partial charge >= 0.3 is 17.9 Å². The highest BCUT2D eigenvalue weighted by molar-refractivity contribution is 6.00. The number of hydrogen-bond acceptors (Lipinski definition) is 7. The molecule has 0 heterocycles. The first-order chi connectivity index (χ1) is 10.5. The van der Waals surface area contributed by atoms with Gasteiger partial charge in [0, 0.05) is 6.92 Å². The van der Waals surface area contributed by atoms with E-state index in [1.54, 1.807) is 12.1 Å². The molecule has 0 fully saturated rings. The van der Waals surface area contributed by atoms with Crippen LogP contribution in [0.4, 0.5) is 0 Å². The van der Waals surface area contributed by atoms with E-state index in [0.717, 1.165) is 6.42 Å². The molecule has 120 valence electrons. The smallest absolute Gasteiger partial charge is 0.349 e. The van der Waals surface area contributed by atoms with Crippen molar-refractivity contribution in [2.24, 2.45) is 11.5 Å². The summed E-state index contributed by atoms with van der Waals surface area (Å²) in [6, 6.07) is 5.10. The van der Waals surface area contributed by atoms with Crippen LogP contribution in [0.15, 0.2) is 24.3 Å². The maximum absolute atomic E-state index is 12.0. The lowest BCUT2D eigenvalue weighted by Gasteiger charge is -2.11. The number of ether oxygens (including phenoxy) is 2. The molecule has 1 atom stereocenters. The van der Waals surface area contributed by atoms with Gasteiger partial charge < -0.3 is 20.9 Å². The van der Waals surface area contributed by atoms with Crippen LogP contribution in [-0.2, 0) is 14.3 Å². The van der Waals surface area contributed by atoms with E-state index in [2.05, 4.69) is 0 Å². The first-order valence-corrected chi connectivity index (χ1v) is 6.94. The molecule has 7 nitrogen and oxygen atoms in total. The minimum atomic E-state index is -0.906. The van der Waals surface area contributed by atoms with Crippen molar-refractivity contribution in [3.05, 3.63) is 29.8 Å². The Morgan fingerprint density at radius 1 is 1.18 bits per heavy atom. The van der Waals surface area contributed by atoms with Crippen LogP contribution < -0.4 is 16.2 Å². The fourth-order valence-electron chi connectivity index (χ4n) is 1.73. The molecule has 0 aromatic heterocycles. The maximum atomic E-state index is 12.0. The Morgan fingerprint density at radius 2 is 1.86 bits per heavy atom. The predicted molar refractivity (Wildman–Crippen MR) is 79.1 cm³/mol. The van der Waals surface area contributed by atoms with E-state index in [1.807, 2.05) is 0 Å². The normalized spacial score (nSPS) is 11.6. The molecule has 0 aliphatic rings. The monoisotopic (exact) mass is 308 g/mol. The number of carbonyl (C=O) groups is 3. The van der Waals surface area contributed by atoms with Gasteiger partial charge in [-0.3, -0.25) is 4.79 Å². The summed E-state index contributed by atoms with van der Waals surface area (Å²) in [7, 11) is 0. The van der Waals surface area contributed by atoms with E-state index in [9.17, 15) is 14.4 Å². The number of unbranched alkanes of at least 4 members (excludes halogenated alkanes) is 1. The molecule has 0 unspecified atom stereocenters. The second kappa shape index (κ2) is 8.91. The van der Waals surface area contributed by atoms with Crippen molar-refractivity contribution in [3.8, 4) is 5.75 Å². The molecule has 0 amide bonds. The highest BCUT2D eigenvalue weighted by Gasteiger charge is 2.22. The van der Waals surface area contributed by atoms with Gasteiger partial charge in [0.05, 0.1) is 0 Å². The van der Waals surface area contributed by atoms with Crippen LogP contribution >= 0.6 is 0 Å². The summed E-state index contributed by atoms with van der Waals surface area (Å²) >= 11 is 0. The van der Waals surface area contributed by atoms with Crippen molar-refractivity contribution < 1.29 is 23.9 Å². The zero-order chi connectivity index (χ0) is 16.5. The molecule has 1 aromatic carbocycles. The third-order valence-corrected chi connectivity index (χ3v) is 2.83. The summed E-state index contributed by atoms with van der Waals surface area (Å²) in [6.07, 6.45) is 1.80. The summed E-state index contributed by atoms with van der Waals surface area (Å²) in [6.45, 7) is 1.72. The average molecular weight is 308 g/mol. The minimum absolute atomic E-state index is 0.0137. The topological polar surface area (TPSA) is 122 Å². The molecule has 4 N–H and O–H groups in total. The Labute approximate surface area is 128 Å². The standard InChI is InChI=1S/C15H20N2O5/c1-10(18)21-13-8-3-2-6-11(13)14(19)22-15(20)12(17)7-4-5-9-16/h2-3,6,8,12H,4-5,7,9,16-17H2,1H3/t12-/m0/s1. The number of benzene rings is 1. The van der Waals surface area contributed by atoms with Crippen LogP contribution in [-0.4, -0.2) is 30.5 Å². The Morgan fingerprint density at radius 3 is 2.50 bits per heavy atom. The first-order valence-electron chi connectivity index (χ1n) is 6.94. The molecule has 1 aromatic rings. The lowest BCUT2D eigenvalue weighted by Crippen LogP contribution is -2.34. The van der Waals surface area contributed by atoms with Gasteiger partial charge in [0.25, 0.3) is 0 Å². The second-order valence-electron chi connectivity index (χ2n) is 4.69. The van der Waals surface area contributed by atoms with Crippen molar-refractivity contribution in [2.75, 3.05) is 6.54 Å². The van der Waals surface area contributed by atoms with Gasteiger partial charge in [-0.05, 0) is 31.5 Å². The predicted octanol–water partition coefficient (Wildman–Crippen LogP) is 0.752. The molecule has 0 aliphatic heterocycles. The van der Waals surface area contributed by atoms with Crippen molar-refractivity contribution in [1.29, 1.82) is 0 Å². The molecule has 0 bridgehead atoms. The van der Waals surface area contributed by atoms with Crippen LogP contribution in [0.1, 0.15) is 36.5 Å². The first kappa shape index (κ1) is 17.8. The third kappa shape index (κ3) is 5.63. The fourth-order valence-corrected chi connectivity index (χ4v) is 1.73. The fraction of sp³-hybridized carbons (Fsp3) is 0.400. The Balaban J connectivity index is 2.68. The van der Waals surface area contributed by atoms with Crippen LogP contribution in [0.5, 0.6) is 5.75 Å². The van der Waals surface area contributed by atoms with E-state index in [1.165, 1.54) is 19.1 Å². The van der Waals surface area contributed by atoms with Crippen molar-refractivity contribution in [2.45, 2.75) is 32.2 Å². The van der Waals surface area contributed by atoms with Gasteiger partial charge in [-0.15, -0.1) is 0 Å². The van der Waals surface area contributed by atoms with Gasteiger partial charge in [0.15, 0.2) is 0 Å². The van der Waals surface area contributed by atoms with E-state index in [0.29, 0.717) is 19.4 Å². The molecule has 0 saturated carbocycles. The Kier molecular flexibility index (Phi) is 7.21. The second-order valence-corrected chi connectivity index (χ2v) is 4.69. The number of para-hydroxylation sites is 1. The average Bonchev–Trinajstić information content (AvgIpc) is 2.47. The number of nitrogens with two attached hydrogens (primary N) is 2. The van der Waals surface area contributed by atoms with Gasteiger partial charge in [-0.1, -0.05) is 18.6 Å². The summed E-state index contributed by atoms with van der Waals surface area (Å²) in [5, 5.41) is 0. The molecular weight excluding hydrogens is 288 g/mol. The highest BCUT2D eigenvalue weighted by atomic mass is 16.6. The lowest BCUT2D eigenvalue weighted by atomic mass is 10.1. The van der Waals surface area contributed by atoms with Crippen molar-refractivity contribution >= 4 is 17.9 Å². The molecular formula is C15H20N2O5. The number of carbonyl (C=O) groups excluding carboxylic acids is 3. The van der Waals surface area contributed by atoms with Gasteiger partial charge in [-0.25, -0.2) is 9.59 Å². The van der Waals surface area contributed by atoms with Crippen LogP contribution in [0.2, 0.25) is 0 Å². The van der Waals surface area contributed by atoms with E-state index >= 15 is 0 Å². The molecule has 0 radical (unpaired) electrons. The molecule has 0 aliphatic carbocycles. The number of esters is 3. The third-order valence-electron chi connectivity index (χ3n) is 2.83. The van der Waals surface area contributed by atoms with E-state index in [4.69, 9.17) is 20.9 Å². The summed E-state index contributed by atoms with van der Waals surface area (Å²) in [4.78, 5) is 34.7. The molecule has 0 spiro atoms. The highest BCUT2D eigenvalue weighted by Crippen LogP contribution is 2.19. The lowest BCUT2D eigenvalue weighted by molar-refractivity contribution is -0.139. The van der Waals surface area contributed by atoms with Crippen molar-refractivity contribution in [3.63, 3.8) is 0 Å². The van der Waals surface area contributed by atoms with Crippen LogP contribution in [0.25, 0.3) is 0 Å². The number of rotatable bonds is 7. The largest absolute Gasteiger partial charge is 0.426 e.